The van der Waals surface area contributed by atoms with Gasteiger partial charge in [0, 0.05) is 35.8 Å². The predicted octanol–water partition coefficient (Wildman–Crippen LogP) is 4.85. The molecule has 0 bridgehead atoms. The van der Waals surface area contributed by atoms with Crippen LogP contribution in [0, 0.1) is 18.6 Å². The third-order valence-corrected chi connectivity index (χ3v) is 5.95. The average molecular weight is 508 g/mol. The van der Waals surface area contributed by atoms with Crippen LogP contribution in [0.2, 0.25) is 0 Å². The number of nitrogens with zero attached hydrogens (tertiary/aromatic N) is 3. The molecule has 2 heterocycles. The summed E-state index contributed by atoms with van der Waals surface area (Å²) in [6, 6.07) is 10.5. The number of aromatic nitrogens is 3. The zero-order valence-electron chi connectivity index (χ0n) is 20.7. The smallest absolute Gasteiger partial charge is 0.251 e. The van der Waals surface area contributed by atoms with Crippen LogP contribution in [0.25, 0.3) is 16.9 Å². The lowest BCUT2D eigenvalue weighted by molar-refractivity contribution is 0.0940. The van der Waals surface area contributed by atoms with Crippen LogP contribution in [-0.4, -0.2) is 43.8 Å². The minimum Gasteiger partial charge on any atom is -0.437 e. The molecule has 2 aromatic heterocycles. The maximum atomic E-state index is 13.7. The van der Waals surface area contributed by atoms with Gasteiger partial charge in [-0.3, -0.25) is 4.79 Å². The van der Waals surface area contributed by atoms with Crippen LogP contribution in [0.5, 0.6) is 11.6 Å². The van der Waals surface area contributed by atoms with Gasteiger partial charge in [0.2, 0.25) is 5.88 Å². The highest BCUT2D eigenvalue weighted by Crippen LogP contribution is 2.30. The fourth-order valence-electron chi connectivity index (χ4n) is 3.86. The van der Waals surface area contributed by atoms with Gasteiger partial charge in [-0.2, -0.15) is 0 Å². The van der Waals surface area contributed by atoms with Crippen molar-refractivity contribution >= 4 is 17.2 Å². The Morgan fingerprint density at radius 1 is 1.16 bits per heavy atom. The zero-order valence-corrected chi connectivity index (χ0v) is 20.7. The monoisotopic (exact) mass is 507 g/mol. The molecule has 1 aliphatic rings. The number of benzene rings is 2. The molecule has 10 heteroatoms. The molecule has 0 spiro atoms. The lowest BCUT2D eigenvalue weighted by Crippen LogP contribution is -2.29. The van der Waals surface area contributed by atoms with Crippen molar-refractivity contribution < 1.29 is 23.4 Å². The van der Waals surface area contributed by atoms with E-state index in [0.29, 0.717) is 22.6 Å². The molecule has 8 nitrogen and oxygen atoms in total. The maximum Gasteiger partial charge on any atom is 0.251 e. The van der Waals surface area contributed by atoms with Crippen molar-refractivity contribution in [1.82, 2.24) is 19.9 Å². The number of carbonyl (C=O) groups excluding carboxylic acids is 1. The highest BCUT2D eigenvalue weighted by Gasteiger charge is 2.25. The number of aryl methyl sites for hydroxylation is 1. The Morgan fingerprint density at radius 3 is 2.62 bits per heavy atom. The molecule has 2 aromatic carbocycles. The van der Waals surface area contributed by atoms with Crippen LogP contribution in [0.15, 0.2) is 48.7 Å². The number of hydrogen-bond donors (Lipinski definition) is 3. The molecule has 5 rings (SSSR count). The van der Waals surface area contributed by atoms with Crippen LogP contribution < -0.4 is 15.4 Å². The van der Waals surface area contributed by atoms with Gasteiger partial charge < -0.3 is 20.5 Å². The Hall–Kier alpha value is -4.05. The van der Waals surface area contributed by atoms with Gasteiger partial charge in [-0.1, -0.05) is 6.07 Å². The van der Waals surface area contributed by atoms with Crippen molar-refractivity contribution in [1.29, 1.82) is 0 Å². The summed E-state index contributed by atoms with van der Waals surface area (Å²) in [6.45, 7) is 5.41. The Morgan fingerprint density at radius 2 is 1.95 bits per heavy atom. The van der Waals surface area contributed by atoms with E-state index >= 15 is 0 Å². The second-order valence-corrected chi connectivity index (χ2v) is 9.90. The van der Waals surface area contributed by atoms with E-state index in [2.05, 4.69) is 20.7 Å². The summed E-state index contributed by atoms with van der Waals surface area (Å²) in [5.41, 5.74) is 2.81. The summed E-state index contributed by atoms with van der Waals surface area (Å²) >= 11 is 0. The number of halogens is 2. The first-order valence-electron chi connectivity index (χ1n) is 12.0. The number of ether oxygens (including phenoxy) is 1. The van der Waals surface area contributed by atoms with E-state index in [9.17, 15) is 18.7 Å². The highest BCUT2D eigenvalue weighted by molar-refractivity contribution is 5.96. The molecule has 1 amide bonds. The number of imidazole rings is 1. The van der Waals surface area contributed by atoms with Crippen LogP contribution in [-0.2, 0) is 0 Å². The normalized spacial score (nSPS) is 13.6. The summed E-state index contributed by atoms with van der Waals surface area (Å²) in [4.78, 5) is 17.1. The Labute approximate surface area is 212 Å². The molecule has 37 heavy (non-hydrogen) atoms. The number of amides is 1. The number of rotatable bonds is 8. The molecule has 4 aromatic rings. The number of aliphatic hydroxyl groups is 1. The first-order valence-corrected chi connectivity index (χ1v) is 12.0. The molecule has 3 N–H and O–H groups in total. The van der Waals surface area contributed by atoms with Gasteiger partial charge in [0.25, 0.3) is 5.91 Å². The fraction of sp³-hybridized carbons (Fsp3) is 0.296. The van der Waals surface area contributed by atoms with Crippen LogP contribution in [0.1, 0.15) is 42.6 Å². The van der Waals surface area contributed by atoms with Gasteiger partial charge in [-0.05, 0) is 63.4 Å². The first-order chi connectivity index (χ1) is 17.6. The zero-order chi connectivity index (χ0) is 26.3. The van der Waals surface area contributed by atoms with E-state index in [1.165, 1.54) is 6.07 Å². The van der Waals surface area contributed by atoms with E-state index in [0.717, 1.165) is 36.1 Å². The molecule has 0 unspecified atom stereocenters. The van der Waals surface area contributed by atoms with E-state index in [1.54, 1.807) is 36.7 Å². The van der Waals surface area contributed by atoms with Gasteiger partial charge >= 0.3 is 0 Å². The van der Waals surface area contributed by atoms with E-state index < -0.39 is 17.2 Å². The maximum absolute atomic E-state index is 13.7. The molecular weight excluding hydrogens is 480 g/mol. The third kappa shape index (κ3) is 5.54. The van der Waals surface area contributed by atoms with Crippen molar-refractivity contribution in [3.05, 3.63) is 71.4 Å². The van der Waals surface area contributed by atoms with Crippen molar-refractivity contribution in [3.63, 3.8) is 0 Å². The Bertz CT molecular complexity index is 1490. The van der Waals surface area contributed by atoms with Crippen molar-refractivity contribution in [2.75, 3.05) is 11.9 Å². The van der Waals surface area contributed by atoms with Gasteiger partial charge in [-0.15, -0.1) is 5.10 Å². The van der Waals surface area contributed by atoms with Gasteiger partial charge in [-0.25, -0.2) is 18.3 Å². The third-order valence-electron chi connectivity index (χ3n) is 5.95. The van der Waals surface area contributed by atoms with Crippen molar-refractivity contribution in [2.45, 2.75) is 45.3 Å². The SMILES string of the molecule is Cc1cc(-c2cnc3c(NCC(C)(C)O)cc(Oc4ccc(F)c(F)c4)nn23)ccc1C(=O)NC1CC1. The molecular formula is C27H27F2N5O3. The van der Waals surface area contributed by atoms with Crippen LogP contribution in [0.4, 0.5) is 14.5 Å². The van der Waals surface area contributed by atoms with Gasteiger partial charge in [0.15, 0.2) is 17.3 Å². The number of hydrogen-bond acceptors (Lipinski definition) is 6. The summed E-state index contributed by atoms with van der Waals surface area (Å²) in [7, 11) is 0. The minimum atomic E-state index is -1.04. The number of carbonyl (C=O) groups is 1. The van der Waals surface area contributed by atoms with Gasteiger partial charge in [0.1, 0.15) is 5.75 Å². The van der Waals surface area contributed by atoms with E-state index in [4.69, 9.17) is 4.74 Å². The van der Waals surface area contributed by atoms with E-state index in [1.807, 2.05) is 19.1 Å². The fourth-order valence-corrected chi connectivity index (χ4v) is 3.86. The van der Waals surface area contributed by atoms with Crippen LogP contribution in [0.3, 0.4) is 0 Å². The van der Waals surface area contributed by atoms with Crippen molar-refractivity contribution in [3.8, 4) is 22.9 Å². The number of anilines is 1. The predicted molar refractivity (Wildman–Crippen MR) is 135 cm³/mol. The largest absolute Gasteiger partial charge is 0.437 e. The highest BCUT2D eigenvalue weighted by atomic mass is 19.2. The molecule has 1 aliphatic carbocycles. The summed E-state index contributed by atoms with van der Waals surface area (Å²) in [6.07, 6.45) is 3.67. The summed E-state index contributed by atoms with van der Waals surface area (Å²) < 4.78 is 34.4. The molecule has 1 saturated carbocycles. The summed E-state index contributed by atoms with van der Waals surface area (Å²) in [5.74, 6) is -1.94. The molecule has 1 fully saturated rings. The van der Waals surface area contributed by atoms with Crippen LogP contribution >= 0.6 is 0 Å². The lowest BCUT2D eigenvalue weighted by atomic mass is 10.0. The Balaban J connectivity index is 1.54. The topological polar surface area (TPSA) is 101 Å². The quantitative estimate of drug-likeness (QED) is 0.315. The first kappa shape index (κ1) is 24.6. The lowest BCUT2D eigenvalue weighted by Gasteiger charge is -2.19. The van der Waals surface area contributed by atoms with Gasteiger partial charge in [0.05, 0.1) is 23.2 Å². The molecule has 192 valence electrons. The summed E-state index contributed by atoms with van der Waals surface area (Å²) in [5, 5.41) is 20.9. The second-order valence-electron chi connectivity index (χ2n) is 9.90. The Kier molecular flexibility index (Phi) is 6.28. The molecule has 0 aliphatic heterocycles. The molecule has 0 radical (unpaired) electrons. The minimum absolute atomic E-state index is 0.0720. The average Bonchev–Trinajstić information content (AvgIpc) is 3.54. The molecule has 0 atom stereocenters. The number of fused-ring (bicyclic) bond motifs is 1. The number of nitrogens with one attached hydrogen (secondary N) is 2. The second kappa shape index (κ2) is 9.44. The van der Waals surface area contributed by atoms with Crippen molar-refractivity contribution in [2.24, 2.45) is 0 Å². The standard InChI is InChI=1S/C27H27F2N5O3/c1-15-10-16(4-8-19(15)26(35)32-17-5-6-17)23-13-30-25-22(31-14-27(2,3)36)12-24(33-34(23)25)37-18-7-9-20(28)21(29)11-18/h4,7-13,17,31,36H,5-6,14H2,1-3H3,(H,32,35). The molecule has 0 saturated heterocycles. The van der Waals surface area contributed by atoms with E-state index in [-0.39, 0.29) is 30.1 Å².